The average Bonchev–Trinajstić information content (AvgIpc) is 2.83. The fourth-order valence-electron chi connectivity index (χ4n) is 1.69. The van der Waals surface area contributed by atoms with E-state index in [0.717, 1.165) is 23.4 Å². The highest BCUT2D eigenvalue weighted by atomic mass is 32.1. The summed E-state index contributed by atoms with van der Waals surface area (Å²) < 4.78 is 1.92. The SMILES string of the molecule is CC(C)Cn1cc(CO)c(-c2ccsc2)n1. The Kier molecular flexibility index (Phi) is 3.41. The van der Waals surface area contributed by atoms with Crippen molar-refractivity contribution >= 4 is 11.3 Å². The molecule has 0 fully saturated rings. The van der Waals surface area contributed by atoms with Gasteiger partial charge in [0.1, 0.15) is 0 Å². The molecule has 3 nitrogen and oxygen atoms in total. The zero-order valence-electron chi connectivity index (χ0n) is 9.55. The van der Waals surface area contributed by atoms with Crippen LogP contribution in [0.2, 0.25) is 0 Å². The third kappa shape index (κ3) is 2.33. The molecule has 4 heteroatoms. The molecule has 86 valence electrons. The minimum Gasteiger partial charge on any atom is -0.392 e. The third-order valence-corrected chi connectivity index (χ3v) is 3.04. The van der Waals surface area contributed by atoms with Gasteiger partial charge < -0.3 is 5.11 Å². The van der Waals surface area contributed by atoms with Crippen LogP contribution < -0.4 is 0 Å². The lowest BCUT2D eigenvalue weighted by atomic mass is 10.2. The molecule has 0 unspecified atom stereocenters. The first-order chi connectivity index (χ1) is 7.70. The molecule has 0 bridgehead atoms. The highest BCUT2D eigenvalue weighted by Crippen LogP contribution is 2.24. The summed E-state index contributed by atoms with van der Waals surface area (Å²) in [5.74, 6) is 0.557. The van der Waals surface area contributed by atoms with E-state index in [1.54, 1.807) is 11.3 Å². The summed E-state index contributed by atoms with van der Waals surface area (Å²) in [7, 11) is 0. The molecular weight excluding hydrogens is 220 g/mol. The van der Waals surface area contributed by atoms with Crippen molar-refractivity contribution in [1.29, 1.82) is 0 Å². The van der Waals surface area contributed by atoms with Crippen LogP contribution in [0.4, 0.5) is 0 Å². The molecule has 0 saturated carbocycles. The maximum atomic E-state index is 9.31. The van der Waals surface area contributed by atoms with Crippen LogP contribution in [0.15, 0.2) is 23.0 Å². The van der Waals surface area contributed by atoms with Crippen LogP contribution in [0, 0.1) is 5.92 Å². The summed E-state index contributed by atoms with van der Waals surface area (Å²) in [6.07, 6.45) is 1.94. The maximum absolute atomic E-state index is 9.31. The third-order valence-electron chi connectivity index (χ3n) is 2.35. The highest BCUT2D eigenvalue weighted by molar-refractivity contribution is 7.08. The molecule has 0 spiro atoms. The van der Waals surface area contributed by atoms with Gasteiger partial charge in [-0.1, -0.05) is 13.8 Å². The Hall–Kier alpha value is -1.13. The minimum atomic E-state index is 0.0449. The van der Waals surface area contributed by atoms with Crippen LogP contribution >= 0.6 is 11.3 Å². The molecule has 0 radical (unpaired) electrons. The molecule has 1 N–H and O–H groups in total. The van der Waals surface area contributed by atoms with E-state index in [1.165, 1.54) is 0 Å². The normalized spacial score (nSPS) is 11.2. The Morgan fingerprint density at radius 1 is 1.50 bits per heavy atom. The summed E-state index contributed by atoms with van der Waals surface area (Å²) in [5.41, 5.74) is 2.90. The molecule has 0 aliphatic carbocycles. The van der Waals surface area contributed by atoms with E-state index in [9.17, 15) is 5.11 Å². The maximum Gasteiger partial charge on any atom is 0.0986 e. The lowest BCUT2D eigenvalue weighted by Crippen LogP contribution is -2.04. The predicted molar refractivity (Wildman–Crippen MR) is 66.3 cm³/mol. The summed E-state index contributed by atoms with van der Waals surface area (Å²) >= 11 is 1.65. The smallest absolute Gasteiger partial charge is 0.0986 e. The van der Waals surface area contributed by atoms with Crippen molar-refractivity contribution in [3.05, 3.63) is 28.6 Å². The van der Waals surface area contributed by atoms with Crippen LogP contribution in [0.25, 0.3) is 11.3 Å². The highest BCUT2D eigenvalue weighted by Gasteiger charge is 2.11. The average molecular weight is 236 g/mol. The Morgan fingerprint density at radius 3 is 2.88 bits per heavy atom. The number of nitrogens with zero attached hydrogens (tertiary/aromatic N) is 2. The van der Waals surface area contributed by atoms with E-state index in [-0.39, 0.29) is 6.61 Å². The summed E-state index contributed by atoms with van der Waals surface area (Å²) in [5, 5.41) is 17.9. The van der Waals surface area contributed by atoms with Gasteiger partial charge >= 0.3 is 0 Å². The van der Waals surface area contributed by atoms with Crippen molar-refractivity contribution in [2.45, 2.75) is 27.0 Å². The van der Waals surface area contributed by atoms with Gasteiger partial charge in [-0.15, -0.1) is 0 Å². The van der Waals surface area contributed by atoms with Crippen LogP contribution in [0.1, 0.15) is 19.4 Å². The van der Waals surface area contributed by atoms with Gasteiger partial charge in [0, 0.05) is 29.2 Å². The number of aromatic nitrogens is 2. The van der Waals surface area contributed by atoms with E-state index >= 15 is 0 Å². The topological polar surface area (TPSA) is 38.0 Å². The van der Waals surface area contributed by atoms with Crippen molar-refractivity contribution in [3.8, 4) is 11.3 Å². The van der Waals surface area contributed by atoms with E-state index < -0.39 is 0 Å². The Morgan fingerprint density at radius 2 is 2.31 bits per heavy atom. The first kappa shape index (κ1) is 11.4. The summed E-state index contributed by atoms with van der Waals surface area (Å²) in [6, 6.07) is 2.03. The predicted octanol–water partition coefficient (Wildman–Crippen LogP) is 2.76. The van der Waals surface area contributed by atoms with Gasteiger partial charge in [-0.2, -0.15) is 16.4 Å². The Bertz CT molecular complexity index is 446. The number of aliphatic hydroxyl groups is 1. The van der Waals surface area contributed by atoms with E-state index in [2.05, 4.69) is 24.3 Å². The molecule has 0 aliphatic rings. The molecule has 2 aromatic rings. The number of aliphatic hydroxyl groups excluding tert-OH is 1. The van der Waals surface area contributed by atoms with E-state index in [0.29, 0.717) is 5.92 Å². The first-order valence-electron chi connectivity index (χ1n) is 5.40. The molecule has 2 aromatic heterocycles. The molecule has 0 aromatic carbocycles. The standard InChI is InChI=1S/C12H16N2OS/c1-9(2)5-14-6-11(7-15)12(13-14)10-3-4-16-8-10/h3-4,6,8-9,15H,5,7H2,1-2H3. The number of rotatable bonds is 4. The van der Waals surface area contributed by atoms with Crippen LogP contribution in [0.3, 0.4) is 0 Å². The van der Waals surface area contributed by atoms with Crippen LogP contribution in [0.5, 0.6) is 0 Å². The molecular formula is C12H16N2OS. The number of thiophene rings is 1. The van der Waals surface area contributed by atoms with E-state index in [4.69, 9.17) is 0 Å². The van der Waals surface area contributed by atoms with Crippen molar-refractivity contribution in [1.82, 2.24) is 9.78 Å². The van der Waals surface area contributed by atoms with Crippen molar-refractivity contribution in [2.75, 3.05) is 0 Å². The van der Waals surface area contributed by atoms with Gasteiger partial charge in [0.2, 0.25) is 0 Å². The van der Waals surface area contributed by atoms with Crippen LogP contribution in [-0.2, 0) is 13.2 Å². The number of hydrogen-bond acceptors (Lipinski definition) is 3. The van der Waals surface area contributed by atoms with Gasteiger partial charge in [0.05, 0.1) is 12.3 Å². The van der Waals surface area contributed by atoms with Crippen molar-refractivity contribution in [2.24, 2.45) is 5.92 Å². The minimum absolute atomic E-state index is 0.0449. The lowest BCUT2D eigenvalue weighted by molar-refractivity contribution is 0.282. The molecule has 16 heavy (non-hydrogen) atoms. The van der Waals surface area contributed by atoms with E-state index in [1.807, 2.05) is 22.3 Å². The Balaban J connectivity index is 2.33. The van der Waals surface area contributed by atoms with Gasteiger partial charge in [0.15, 0.2) is 0 Å². The number of hydrogen-bond donors (Lipinski definition) is 1. The zero-order chi connectivity index (χ0) is 11.5. The van der Waals surface area contributed by atoms with Crippen LogP contribution in [-0.4, -0.2) is 14.9 Å². The molecule has 0 amide bonds. The summed E-state index contributed by atoms with van der Waals surface area (Å²) in [6.45, 7) is 5.25. The monoisotopic (exact) mass is 236 g/mol. The van der Waals surface area contributed by atoms with Gasteiger partial charge in [0.25, 0.3) is 0 Å². The summed E-state index contributed by atoms with van der Waals surface area (Å²) in [4.78, 5) is 0. The fourth-order valence-corrected chi connectivity index (χ4v) is 2.33. The van der Waals surface area contributed by atoms with Crippen molar-refractivity contribution in [3.63, 3.8) is 0 Å². The molecule has 2 heterocycles. The fraction of sp³-hybridized carbons (Fsp3) is 0.417. The quantitative estimate of drug-likeness (QED) is 0.886. The molecule has 0 saturated heterocycles. The second-order valence-corrected chi connectivity index (χ2v) is 5.07. The second-order valence-electron chi connectivity index (χ2n) is 4.29. The molecule has 0 aliphatic heterocycles. The van der Waals surface area contributed by atoms with Gasteiger partial charge in [-0.25, -0.2) is 0 Å². The lowest BCUT2D eigenvalue weighted by Gasteiger charge is -2.03. The first-order valence-corrected chi connectivity index (χ1v) is 6.34. The van der Waals surface area contributed by atoms with Gasteiger partial charge in [-0.05, 0) is 17.4 Å². The zero-order valence-corrected chi connectivity index (χ0v) is 10.4. The molecule has 2 rings (SSSR count). The second kappa shape index (κ2) is 4.80. The largest absolute Gasteiger partial charge is 0.392 e. The molecule has 0 atom stereocenters. The Labute approximate surface area is 99.4 Å². The van der Waals surface area contributed by atoms with Gasteiger partial charge in [-0.3, -0.25) is 4.68 Å². The van der Waals surface area contributed by atoms with Crippen molar-refractivity contribution < 1.29 is 5.11 Å².